The zero-order valence-corrected chi connectivity index (χ0v) is 11.7. The fraction of sp³-hybridized carbons (Fsp3) is 0.308. The second-order valence-corrected chi connectivity index (χ2v) is 4.95. The number of rotatable bonds is 5. The van der Waals surface area contributed by atoms with Gasteiger partial charge in [-0.05, 0) is 26.0 Å². The largest absolute Gasteiger partial charge is 0.385 e. The zero-order valence-electron chi connectivity index (χ0n) is 10.9. The average Bonchev–Trinajstić information content (AvgIpc) is 2.93. The van der Waals surface area contributed by atoms with E-state index in [-0.39, 0.29) is 11.9 Å². The van der Waals surface area contributed by atoms with Gasteiger partial charge in [-0.15, -0.1) is 11.3 Å². The lowest BCUT2D eigenvalue weighted by Crippen LogP contribution is -2.27. The van der Waals surface area contributed by atoms with Gasteiger partial charge in [0.25, 0.3) is 5.91 Å². The summed E-state index contributed by atoms with van der Waals surface area (Å²) < 4.78 is 0. The molecule has 5 nitrogen and oxygen atoms in total. The van der Waals surface area contributed by atoms with Crippen molar-refractivity contribution < 1.29 is 4.79 Å². The molecule has 1 amide bonds. The van der Waals surface area contributed by atoms with Gasteiger partial charge in [-0.25, -0.2) is 4.98 Å². The van der Waals surface area contributed by atoms with Crippen molar-refractivity contribution >= 4 is 22.9 Å². The van der Waals surface area contributed by atoms with Crippen LogP contribution in [0.25, 0.3) is 0 Å². The number of pyridine rings is 1. The SMILES string of the molecule is CCNc1ccnc(C(=O)NC(C)c2nccs2)c1. The minimum atomic E-state index is -0.192. The summed E-state index contributed by atoms with van der Waals surface area (Å²) in [5.41, 5.74) is 1.30. The number of nitrogens with zero attached hydrogens (tertiary/aromatic N) is 2. The molecule has 0 aliphatic rings. The van der Waals surface area contributed by atoms with Crippen LogP contribution in [0.4, 0.5) is 5.69 Å². The Morgan fingerprint density at radius 1 is 1.42 bits per heavy atom. The van der Waals surface area contributed by atoms with Crippen molar-refractivity contribution in [1.82, 2.24) is 15.3 Å². The quantitative estimate of drug-likeness (QED) is 0.880. The van der Waals surface area contributed by atoms with Crippen LogP contribution in [-0.2, 0) is 0 Å². The maximum Gasteiger partial charge on any atom is 0.270 e. The van der Waals surface area contributed by atoms with E-state index in [0.29, 0.717) is 5.69 Å². The molecule has 2 N–H and O–H groups in total. The highest BCUT2D eigenvalue weighted by molar-refractivity contribution is 7.09. The van der Waals surface area contributed by atoms with Gasteiger partial charge >= 0.3 is 0 Å². The van der Waals surface area contributed by atoms with E-state index in [9.17, 15) is 4.79 Å². The van der Waals surface area contributed by atoms with Crippen LogP contribution >= 0.6 is 11.3 Å². The van der Waals surface area contributed by atoms with Crippen molar-refractivity contribution in [3.63, 3.8) is 0 Å². The van der Waals surface area contributed by atoms with Crippen molar-refractivity contribution in [2.45, 2.75) is 19.9 Å². The molecule has 0 aromatic carbocycles. The predicted octanol–water partition coefficient (Wildman–Crippen LogP) is 2.46. The Hall–Kier alpha value is -1.95. The van der Waals surface area contributed by atoms with Crippen LogP contribution in [0.1, 0.15) is 35.4 Å². The molecule has 0 fully saturated rings. The number of nitrogens with one attached hydrogen (secondary N) is 2. The molecule has 2 rings (SSSR count). The minimum absolute atomic E-state index is 0.114. The highest BCUT2D eigenvalue weighted by Gasteiger charge is 2.14. The van der Waals surface area contributed by atoms with Crippen LogP contribution in [0.2, 0.25) is 0 Å². The first kappa shape index (κ1) is 13.5. The summed E-state index contributed by atoms with van der Waals surface area (Å²) in [7, 11) is 0. The average molecular weight is 276 g/mol. The van der Waals surface area contributed by atoms with Crippen molar-refractivity contribution in [3.8, 4) is 0 Å². The second-order valence-electron chi connectivity index (χ2n) is 4.03. The van der Waals surface area contributed by atoms with Crippen LogP contribution in [0, 0.1) is 0 Å². The van der Waals surface area contributed by atoms with E-state index in [2.05, 4.69) is 20.6 Å². The molecule has 1 unspecified atom stereocenters. The van der Waals surface area contributed by atoms with Gasteiger partial charge in [0.05, 0.1) is 6.04 Å². The molecule has 2 aromatic heterocycles. The zero-order chi connectivity index (χ0) is 13.7. The number of hydrogen-bond acceptors (Lipinski definition) is 5. The summed E-state index contributed by atoms with van der Waals surface area (Å²) in [5.74, 6) is -0.192. The molecule has 0 bridgehead atoms. The minimum Gasteiger partial charge on any atom is -0.385 e. The second kappa shape index (κ2) is 6.29. The van der Waals surface area contributed by atoms with Gasteiger partial charge in [0.15, 0.2) is 0 Å². The fourth-order valence-corrected chi connectivity index (χ4v) is 2.30. The molecular formula is C13H16N4OS. The first-order valence-corrected chi connectivity index (χ1v) is 6.99. The Morgan fingerprint density at radius 3 is 2.95 bits per heavy atom. The van der Waals surface area contributed by atoms with Crippen molar-refractivity contribution in [3.05, 3.63) is 40.6 Å². The smallest absolute Gasteiger partial charge is 0.270 e. The Bertz CT molecular complexity index is 541. The van der Waals surface area contributed by atoms with E-state index < -0.39 is 0 Å². The van der Waals surface area contributed by atoms with E-state index in [4.69, 9.17) is 0 Å². The first-order valence-electron chi connectivity index (χ1n) is 6.11. The Balaban J connectivity index is 2.05. The topological polar surface area (TPSA) is 66.9 Å². The maximum atomic E-state index is 12.1. The molecule has 2 heterocycles. The molecule has 0 radical (unpaired) electrons. The first-order chi connectivity index (χ1) is 9.20. The molecule has 6 heteroatoms. The van der Waals surface area contributed by atoms with Gasteiger partial charge in [-0.3, -0.25) is 9.78 Å². The molecule has 100 valence electrons. The Kier molecular flexibility index (Phi) is 4.46. The number of carbonyl (C=O) groups is 1. The highest BCUT2D eigenvalue weighted by Crippen LogP contribution is 2.15. The summed E-state index contributed by atoms with van der Waals surface area (Å²) in [6, 6.07) is 3.47. The lowest BCUT2D eigenvalue weighted by Gasteiger charge is -2.11. The van der Waals surface area contributed by atoms with E-state index >= 15 is 0 Å². The lowest BCUT2D eigenvalue weighted by atomic mass is 10.2. The number of aromatic nitrogens is 2. The number of amides is 1. The summed E-state index contributed by atoms with van der Waals surface area (Å²) in [4.78, 5) is 20.4. The molecule has 0 aliphatic carbocycles. The van der Waals surface area contributed by atoms with Crippen LogP contribution in [0.5, 0.6) is 0 Å². The van der Waals surface area contributed by atoms with Gasteiger partial charge < -0.3 is 10.6 Å². The normalized spacial score (nSPS) is 11.9. The molecular weight excluding hydrogens is 260 g/mol. The van der Waals surface area contributed by atoms with Crippen LogP contribution < -0.4 is 10.6 Å². The summed E-state index contributed by atoms with van der Waals surface area (Å²) >= 11 is 1.52. The summed E-state index contributed by atoms with van der Waals surface area (Å²) in [5, 5.41) is 8.82. The van der Waals surface area contributed by atoms with Gasteiger partial charge in [-0.2, -0.15) is 0 Å². The molecule has 1 atom stereocenters. The third kappa shape index (κ3) is 3.51. The maximum absolute atomic E-state index is 12.1. The summed E-state index contributed by atoms with van der Waals surface area (Å²) in [6.45, 7) is 4.72. The fourth-order valence-electron chi connectivity index (χ4n) is 1.65. The Labute approximate surface area is 116 Å². The van der Waals surface area contributed by atoms with Crippen molar-refractivity contribution in [2.24, 2.45) is 0 Å². The van der Waals surface area contributed by atoms with Crippen molar-refractivity contribution in [2.75, 3.05) is 11.9 Å². The molecule has 0 spiro atoms. The van der Waals surface area contributed by atoms with E-state index in [1.54, 1.807) is 18.5 Å². The molecule has 0 saturated heterocycles. The van der Waals surface area contributed by atoms with Crippen LogP contribution in [0.15, 0.2) is 29.9 Å². The number of carbonyl (C=O) groups excluding carboxylic acids is 1. The van der Waals surface area contributed by atoms with Gasteiger partial charge in [0, 0.05) is 30.0 Å². The molecule has 2 aromatic rings. The van der Waals surface area contributed by atoms with Gasteiger partial charge in [-0.1, -0.05) is 0 Å². The van der Waals surface area contributed by atoms with Gasteiger partial charge in [0.2, 0.25) is 0 Å². The third-order valence-corrected chi connectivity index (χ3v) is 3.50. The number of anilines is 1. The van der Waals surface area contributed by atoms with Crippen LogP contribution in [0.3, 0.4) is 0 Å². The summed E-state index contributed by atoms with van der Waals surface area (Å²) in [6.07, 6.45) is 3.35. The Morgan fingerprint density at radius 2 is 2.26 bits per heavy atom. The van der Waals surface area contributed by atoms with Crippen LogP contribution in [-0.4, -0.2) is 22.4 Å². The van der Waals surface area contributed by atoms with E-state index in [1.165, 1.54) is 11.3 Å². The van der Waals surface area contributed by atoms with E-state index in [1.807, 2.05) is 25.3 Å². The standard InChI is InChI=1S/C13H16N4OS/c1-3-14-10-4-5-15-11(8-10)12(18)17-9(2)13-16-6-7-19-13/h4-9H,3H2,1-2H3,(H,14,15)(H,17,18). The number of thiazole rings is 1. The molecule has 0 aliphatic heterocycles. The van der Waals surface area contributed by atoms with Crippen molar-refractivity contribution in [1.29, 1.82) is 0 Å². The highest BCUT2D eigenvalue weighted by atomic mass is 32.1. The van der Waals surface area contributed by atoms with E-state index in [0.717, 1.165) is 17.2 Å². The molecule has 0 saturated carbocycles. The molecule has 19 heavy (non-hydrogen) atoms. The lowest BCUT2D eigenvalue weighted by molar-refractivity contribution is 0.0935. The predicted molar refractivity (Wildman–Crippen MR) is 76.4 cm³/mol. The van der Waals surface area contributed by atoms with Gasteiger partial charge in [0.1, 0.15) is 10.7 Å². The third-order valence-electron chi connectivity index (χ3n) is 2.54. The monoisotopic (exact) mass is 276 g/mol. The number of hydrogen-bond donors (Lipinski definition) is 2.